The Labute approximate surface area is 237 Å². The fraction of sp³-hybridized carbons (Fsp3) is 0.143. The Kier molecular flexibility index (Phi) is 6.95. The Morgan fingerprint density at radius 3 is 2.46 bits per heavy atom. The lowest BCUT2D eigenvalue weighted by Gasteiger charge is -2.11. The van der Waals surface area contributed by atoms with E-state index in [0.717, 1.165) is 16.5 Å². The van der Waals surface area contributed by atoms with Crippen LogP contribution in [0.1, 0.15) is 11.1 Å². The van der Waals surface area contributed by atoms with E-state index < -0.39 is 0 Å². The maximum Gasteiger partial charge on any atom is 0.294 e. The number of furan rings is 1. The van der Waals surface area contributed by atoms with E-state index in [0.29, 0.717) is 67.7 Å². The van der Waals surface area contributed by atoms with Crippen LogP contribution >= 0.6 is 34.5 Å². The maximum absolute atomic E-state index is 6.24. The van der Waals surface area contributed by atoms with E-state index in [1.807, 2.05) is 54.6 Å². The number of hydrogen-bond acceptors (Lipinski definition) is 8. The van der Waals surface area contributed by atoms with Gasteiger partial charge in [-0.3, -0.25) is 0 Å². The molecule has 6 aromatic rings. The third-order valence-corrected chi connectivity index (χ3v) is 7.20. The lowest BCUT2D eigenvalue weighted by atomic mass is 10.2. The molecule has 6 rings (SSSR count). The van der Waals surface area contributed by atoms with Gasteiger partial charge in [-0.2, -0.15) is 0 Å². The summed E-state index contributed by atoms with van der Waals surface area (Å²) < 4.78 is 30.6. The van der Waals surface area contributed by atoms with Gasteiger partial charge in [-0.1, -0.05) is 35.3 Å². The molecular weight excluding hydrogens is 561 g/mol. The molecule has 0 amide bonds. The van der Waals surface area contributed by atoms with E-state index in [9.17, 15) is 0 Å². The monoisotopic (exact) mass is 581 g/mol. The summed E-state index contributed by atoms with van der Waals surface area (Å²) in [5.41, 5.74) is 3.10. The number of rotatable bonds is 9. The van der Waals surface area contributed by atoms with Gasteiger partial charge in [0.15, 0.2) is 5.76 Å². The maximum atomic E-state index is 6.24. The highest BCUT2D eigenvalue weighted by atomic mass is 35.5. The summed E-state index contributed by atoms with van der Waals surface area (Å²) in [7, 11) is 3.18. The van der Waals surface area contributed by atoms with Gasteiger partial charge < -0.3 is 23.4 Å². The van der Waals surface area contributed by atoms with Crippen molar-refractivity contribution in [3.63, 3.8) is 0 Å². The molecule has 0 aliphatic rings. The van der Waals surface area contributed by atoms with Gasteiger partial charge in [-0.05, 0) is 58.9 Å². The third kappa shape index (κ3) is 5.47. The zero-order valence-corrected chi connectivity index (χ0v) is 23.1. The van der Waals surface area contributed by atoms with Gasteiger partial charge in [0.25, 0.3) is 5.19 Å². The van der Waals surface area contributed by atoms with Crippen LogP contribution in [0.5, 0.6) is 22.4 Å². The van der Waals surface area contributed by atoms with Gasteiger partial charge in [0, 0.05) is 22.2 Å². The van der Waals surface area contributed by atoms with Crippen molar-refractivity contribution in [3.8, 4) is 33.9 Å². The average Bonchev–Trinajstić information content (AvgIpc) is 3.63. The molecule has 8 nitrogen and oxygen atoms in total. The predicted molar refractivity (Wildman–Crippen MR) is 151 cm³/mol. The molecule has 11 heteroatoms. The molecule has 3 aromatic heterocycles. The highest BCUT2D eigenvalue weighted by Crippen LogP contribution is 2.37. The summed E-state index contributed by atoms with van der Waals surface area (Å²) in [5.74, 6) is 2.54. The van der Waals surface area contributed by atoms with E-state index in [1.54, 1.807) is 31.0 Å². The molecule has 0 saturated heterocycles. The van der Waals surface area contributed by atoms with E-state index in [4.69, 9.17) is 46.6 Å². The molecule has 3 heterocycles. The smallest absolute Gasteiger partial charge is 0.294 e. The van der Waals surface area contributed by atoms with Crippen LogP contribution < -0.4 is 18.9 Å². The summed E-state index contributed by atoms with van der Waals surface area (Å²) >= 11 is 13.5. The highest BCUT2D eigenvalue weighted by Gasteiger charge is 2.17. The van der Waals surface area contributed by atoms with Gasteiger partial charge in [0.2, 0.25) is 4.96 Å². The first-order valence-electron chi connectivity index (χ1n) is 11.8. The van der Waals surface area contributed by atoms with Crippen LogP contribution in [-0.2, 0) is 13.2 Å². The molecular formula is C28H21Cl2N3O5S. The fourth-order valence-electron chi connectivity index (χ4n) is 4.08. The van der Waals surface area contributed by atoms with Crippen LogP contribution in [0.25, 0.3) is 27.4 Å². The van der Waals surface area contributed by atoms with Gasteiger partial charge in [0.05, 0.1) is 25.8 Å². The number of aromatic nitrogens is 3. The standard InChI is InChI=1S/C28H21Cl2N3O5S/c1-34-21-10-24(22-12-26(38-25(22)11-21)23-13-33-27(31-23)39-28(32-33)35-2)37-14-16-4-3-5-20(8-16)36-15-17-6-18(29)9-19(30)7-17/h3-13H,14-15H2,1-2H3. The molecule has 0 unspecified atom stereocenters. The first kappa shape index (κ1) is 25.4. The summed E-state index contributed by atoms with van der Waals surface area (Å²) in [5, 5.41) is 6.81. The third-order valence-electron chi connectivity index (χ3n) is 5.88. The van der Waals surface area contributed by atoms with Crippen LogP contribution in [0.3, 0.4) is 0 Å². The van der Waals surface area contributed by atoms with Crippen molar-refractivity contribution in [3.05, 3.63) is 88.0 Å². The number of benzene rings is 3. The van der Waals surface area contributed by atoms with Crippen molar-refractivity contribution in [1.29, 1.82) is 0 Å². The molecule has 0 fully saturated rings. The lowest BCUT2D eigenvalue weighted by molar-refractivity contribution is 0.296. The summed E-state index contributed by atoms with van der Waals surface area (Å²) in [4.78, 5) is 5.32. The van der Waals surface area contributed by atoms with Crippen LogP contribution in [0, 0.1) is 0 Å². The molecule has 0 saturated carbocycles. The number of nitrogens with zero attached hydrogens (tertiary/aromatic N) is 3. The minimum absolute atomic E-state index is 0.312. The first-order valence-corrected chi connectivity index (χ1v) is 13.4. The molecule has 39 heavy (non-hydrogen) atoms. The zero-order chi connectivity index (χ0) is 26.9. The van der Waals surface area contributed by atoms with Crippen LogP contribution in [0.2, 0.25) is 10.0 Å². The quantitative estimate of drug-likeness (QED) is 0.173. The van der Waals surface area contributed by atoms with Crippen LogP contribution in [-0.4, -0.2) is 28.8 Å². The van der Waals surface area contributed by atoms with Crippen molar-refractivity contribution in [2.24, 2.45) is 0 Å². The van der Waals surface area contributed by atoms with Crippen molar-refractivity contribution in [1.82, 2.24) is 14.6 Å². The average molecular weight is 582 g/mol. The normalized spacial score (nSPS) is 11.3. The van der Waals surface area contributed by atoms with Crippen molar-refractivity contribution in [2.75, 3.05) is 14.2 Å². The number of ether oxygens (including phenoxy) is 4. The second-order valence-corrected chi connectivity index (χ2v) is 10.4. The molecule has 3 aromatic carbocycles. The van der Waals surface area contributed by atoms with Gasteiger partial charge in [-0.25, -0.2) is 9.50 Å². The van der Waals surface area contributed by atoms with E-state index in [-0.39, 0.29) is 0 Å². The molecule has 0 atom stereocenters. The van der Waals surface area contributed by atoms with Gasteiger partial charge >= 0.3 is 0 Å². The minimum atomic E-state index is 0.312. The molecule has 0 aliphatic heterocycles. The van der Waals surface area contributed by atoms with Gasteiger partial charge in [0.1, 0.15) is 41.7 Å². The Bertz CT molecular complexity index is 1740. The second-order valence-electron chi connectivity index (χ2n) is 8.58. The number of imidazole rings is 1. The van der Waals surface area contributed by atoms with Gasteiger partial charge in [-0.15, -0.1) is 5.10 Å². The Hall–Kier alpha value is -3.92. The Morgan fingerprint density at radius 2 is 1.69 bits per heavy atom. The Balaban J connectivity index is 1.21. The molecule has 0 spiro atoms. The first-order chi connectivity index (χ1) is 19.0. The number of hydrogen-bond donors (Lipinski definition) is 0. The number of halogens is 2. The largest absolute Gasteiger partial charge is 0.496 e. The summed E-state index contributed by atoms with van der Waals surface area (Å²) in [6.45, 7) is 0.653. The molecule has 0 N–H and O–H groups in total. The topological polar surface area (TPSA) is 80.2 Å². The molecule has 0 aliphatic carbocycles. The van der Waals surface area contributed by atoms with Crippen LogP contribution in [0.15, 0.2) is 71.3 Å². The number of fused-ring (bicyclic) bond motifs is 2. The second kappa shape index (κ2) is 10.7. The molecule has 198 valence electrons. The van der Waals surface area contributed by atoms with Crippen LogP contribution in [0.4, 0.5) is 0 Å². The zero-order valence-electron chi connectivity index (χ0n) is 20.8. The fourth-order valence-corrected chi connectivity index (χ4v) is 5.35. The van der Waals surface area contributed by atoms with E-state index in [2.05, 4.69) is 10.1 Å². The number of methoxy groups -OCH3 is 2. The minimum Gasteiger partial charge on any atom is -0.496 e. The van der Waals surface area contributed by atoms with Crippen molar-refractivity contribution < 1.29 is 23.4 Å². The summed E-state index contributed by atoms with van der Waals surface area (Å²) in [6, 6.07) is 18.6. The predicted octanol–water partition coefficient (Wildman–Crippen LogP) is 7.69. The van der Waals surface area contributed by atoms with Crippen molar-refractivity contribution in [2.45, 2.75) is 13.2 Å². The molecule has 0 bridgehead atoms. The highest BCUT2D eigenvalue weighted by molar-refractivity contribution is 7.18. The Morgan fingerprint density at radius 1 is 0.872 bits per heavy atom. The molecule has 0 radical (unpaired) electrons. The van der Waals surface area contributed by atoms with E-state index >= 15 is 0 Å². The summed E-state index contributed by atoms with van der Waals surface area (Å²) in [6.07, 6.45) is 1.80. The lowest BCUT2D eigenvalue weighted by Crippen LogP contribution is -1.99. The van der Waals surface area contributed by atoms with E-state index in [1.165, 1.54) is 11.3 Å². The SMILES string of the molecule is COc1cc(OCc2cccc(OCc3cc(Cl)cc(Cl)c3)c2)c2cc(-c3cn4nc(OC)sc4n3)oc2c1. The van der Waals surface area contributed by atoms with Crippen molar-refractivity contribution >= 4 is 50.5 Å².